The van der Waals surface area contributed by atoms with E-state index in [1.54, 1.807) is 24.3 Å². The predicted molar refractivity (Wildman–Crippen MR) is 150 cm³/mol. The van der Waals surface area contributed by atoms with Gasteiger partial charge in [0.05, 0.1) is 39.9 Å². The number of nitrogens with zero attached hydrogens (tertiary/aromatic N) is 5. The van der Waals surface area contributed by atoms with Gasteiger partial charge < -0.3 is 10.4 Å². The third kappa shape index (κ3) is 8.56. The number of rotatable bonds is 14. The molecule has 0 aliphatic carbocycles. The third-order valence-electron chi connectivity index (χ3n) is 5.05. The second-order valence-corrected chi connectivity index (χ2v) is 11.6. The molecule has 21 heteroatoms. The lowest BCUT2D eigenvalue weighted by Crippen LogP contribution is -2.10. The minimum absolute atomic E-state index is 0.00112. The van der Waals surface area contributed by atoms with E-state index in [4.69, 9.17) is 37.9 Å². The van der Waals surface area contributed by atoms with Crippen LogP contribution in [0.2, 0.25) is 10.6 Å². The number of aromatic hydroxyl groups is 1. The van der Waals surface area contributed by atoms with Gasteiger partial charge in [-0.05, 0) is 77.1 Å². The topological polar surface area (TPSA) is 216 Å². The molecule has 3 aromatic carbocycles. The average Bonchev–Trinajstić information content (AvgIpc) is 2.95. The summed E-state index contributed by atoms with van der Waals surface area (Å²) in [4.78, 5) is 11.8. The van der Waals surface area contributed by atoms with Gasteiger partial charge in [0.1, 0.15) is 5.69 Å². The Labute approximate surface area is 254 Å². The van der Waals surface area contributed by atoms with E-state index in [0.29, 0.717) is 28.5 Å². The molecule has 1 heterocycles. The summed E-state index contributed by atoms with van der Waals surface area (Å²) in [6, 6.07) is 11.9. The summed E-state index contributed by atoms with van der Waals surface area (Å²) in [6.07, 6.45) is 0. The number of sulfone groups is 1. The van der Waals surface area contributed by atoms with E-state index in [-0.39, 0.29) is 68.1 Å². The van der Waals surface area contributed by atoms with Gasteiger partial charge in [-0.25, -0.2) is 18.9 Å². The lowest BCUT2D eigenvalue weighted by Gasteiger charge is -2.11. The molecule has 0 unspecified atom stereocenters. The average molecular weight is 679 g/mol. The van der Waals surface area contributed by atoms with E-state index in [1.807, 2.05) is 0 Å². The van der Waals surface area contributed by atoms with Crippen LogP contribution in [0.1, 0.15) is 0 Å². The molecule has 0 fully saturated rings. The van der Waals surface area contributed by atoms with Crippen molar-refractivity contribution in [1.82, 2.24) is 15.0 Å². The summed E-state index contributed by atoms with van der Waals surface area (Å²) in [5, 5.41) is 46.5. The van der Waals surface area contributed by atoms with Crippen LogP contribution in [0.15, 0.2) is 68.6 Å². The first-order valence-electron chi connectivity index (χ1n) is 11.0. The number of hydrogen-bond donors (Lipinski definition) is 4. The highest BCUT2D eigenvalue weighted by Gasteiger charge is 2.17. The fourth-order valence-corrected chi connectivity index (χ4v) is 5.58. The van der Waals surface area contributed by atoms with Crippen LogP contribution in [0, 0.1) is 0 Å². The van der Waals surface area contributed by atoms with E-state index >= 15 is 0 Å². The van der Waals surface area contributed by atoms with Crippen LogP contribution < -0.4 is 5.32 Å². The Bertz CT molecular complexity index is 1670. The van der Waals surface area contributed by atoms with Crippen molar-refractivity contribution in [1.29, 1.82) is 0 Å². The van der Waals surface area contributed by atoms with Crippen molar-refractivity contribution in [2.45, 2.75) is 9.79 Å². The Morgan fingerprint density at radius 3 is 2.33 bits per heavy atom. The molecule has 4 aromatic rings. The maximum absolute atomic E-state index is 12.5. The molecule has 0 aliphatic heterocycles. The van der Waals surface area contributed by atoms with Crippen molar-refractivity contribution in [2.24, 2.45) is 10.2 Å². The molecule has 0 radical (unpaired) electrons. The Balaban J connectivity index is 1.57. The standard InChI is InChI=1S/C21H16Cl2N6O10S3/c22-19-25-20(23)27-21(26-19)24-13-3-6-15-11(9-13)10-16(40-38-36-31)17(18(15)30)29-28-12-1-4-14(5-2-12)42(33,34)8-7-35-41-39-37-32/h1-6,9-10,30-32H,7-8H2,(H,24,25,26,27). The zero-order chi connectivity index (χ0) is 30.1. The van der Waals surface area contributed by atoms with Crippen LogP contribution >= 0.6 is 47.6 Å². The lowest BCUT2D eigenvalue weighted by atomic mass is 10.1. The van der Waals surface area contributed by atoms with Crippen molar-refractivity contribution in [2.75, 3.05) is 17.7 Å². The molecule has 1 aromatic heterocycles. The molecular formula is C21H16Cl2N6O10S3. The molecule has 0 bridgehead atoms. The van der Waals surface area contributed by atoms with Gasteiger partial charge in [-0.1, -0.05) is 10.1 Å². The first kappa shape index (κ1) is 32.0. The summed E-state index contributed by atoms with van der Waals surface area (Å²) in [7, 11) is -3.70. The fourth-order valence-electron chi connectivity index (χ4n) is 3.31. The summed E-state index contributed by atoms with van der Waals surface area (Å²) in [5.74, 6) is -0.553. The zero-order valence-electron chi connectivity index (χ0n) is 20.4. The monoisotopic (exact) mass is 678 g/mol. The molecule has 222 valence electrons. The van der Waals surface area contributed by atoms with Gasteiger partial charge in [0, 0.05) is 11.1 Å². The molecule has 0 atom stereocenters. The van der Waals surface area contributed by atoms with Gasteiger partial charge in [-0.15, -0.1) is 13.8 Å². The van der Waals surface area contributed by atoms with Gasteiger partial charge in [-0.2, -0.15) is 20.1 Å². The summed E-state index contributed by atoms with van der Waals surface area (Å²) in [5.41, 5.74) is 0.748. The molecule has 0 saturated carbocycles. The van der Waals surface area contributed by atoms with Gasteiger partial charge in [0.2, 0.25) is 16.5 Å². The van der Waals surface area contributed by atoms with Crippen LogP contribution in [0.3, 0.4) is 0 Å². The molecule has 0 saturated heterocycles. The van der Waals surface area contributed by atoms with Crippen LogP contribution in [-0.4, -0.2) is 51.4 Å². The van der Waals surface area contributed by atoms with E-state index in [9.17, 15) is 13.5 Å². The van der Waals surface area contributed by atoms with Crippen LogP contribution in [0.25, 0.3) is 10.8 Å². The van der Waals surface area contributed by atoms with Gasteiger partial charge in [0.15, 0.2) is 27.9 Å². The van der Waals surface area contributed by atoms with E-state index in [0.717, 1.165) is 0 Å². The third-order valence-corrected chi connectivity index (χ3v) is 8.08. The van der Waals surface area contributed by atoms with E-state index < -0.39 is 9.84 Å². The second-order valence-electron chi connectivity index (χ2n) is 7.60. The number of anilines is 2. The number of azo groups is 1. The molecule has 16 nitrogen and oxygen atoms in total. The summed E-state index contributed by atoms with van der Waals surface area (Å²) in [6.45, 7) is -0.239. The molecular weight excluding hydrogens is 663 g/mol. The number of halogens is 2. The van der Waals surface area contributed by atoms with Crippen molar-refractivity contribution in [3.05, 3.63) is 59.1 Å². The Morgan fingerprint density at radius 1 is 0.929 bits per heavy atom. The first-order valence-corrected chi connectivity index (χ1v) is 14.8. The second kappa shape index (κ2) is 15.0. The van der Waals surface area contributed by atoms with Crippen LogP contribution in [-0.2, 0) is 32.8 Å². The van der Waals surface area contributed by atoms with Gasteiger partial charge in [0.25, 0.3) is 0 Å². The number of nitrogens with one attached hydrogen (secondary N) is 1. The summed E-state index contributed by atoms with van der Waals surface area (Å²) < 4.78 is 38.2. The zero-order valence-corrected chi connectivity index (χ0v) is 24.4. The largest absolute Gasteiger partial charge is 0.505 e. The minimum atomic E-state index is -3.70. The first-order chi connectivity index (χ1) is 20.2. The fraction of sp³-hybridized carbons (Fsp3) is 0.0952. The van der Waals surface area contributed by atoms with Gasteiger partial charge >= 0.3 is 0 Å². The Morgan fingerprint density at radius 2 is 1.64 bits per heavy atom. The van der Waals surface area contributed by atoms with Crippen molar-refractivity contribution >= 4 is 91.2 Å². The molecule has 0 spiro atoms. The van der Waals surface area contributed by atoms with Crippen molar-refractivity contribution in [3.63, 3.8) is 0 Å². The number of phenolic OH excluding ortho intramolecular Hbond substituents is 1. The Hall–Kier alpha value is -2.92. The quantitative estimate of drug-likeness (QED) is 0.0373. The number of fused-ring (bicyclic) bond motifs is 1. The van der Waals surface area contributed by atoms with E-state index in [2.05, 4.69) is 49.2 Å². The number of hydrogen-bond acceptors (Lipinski definition) is 18. The number of phenols is 1. The SMILES string of the molecule is O=S(=O)(CCOSOOO)c1ccc(N=Nc2c(SOOO)cc3cc(Nc4nc(Cl)nc(Cl)n4)ccc3c2O)cc1. The lowest BCUT2D eigenvalue weighted by molar-refractivity contribution is -0.434. The van der Waals surface area contributed by atoms with Crippen molar-refractivity contribution in [3.8, 4) is 5.75 Å². The molecule has 42 heavy (non-hydrogen) atoms. The highest BCUT2D eigenvalue weighted by atomic mass is 35.5. The maximum Gasteiger partial charge on any atom is 0.232 e. The Kier molecular flexibility index (Phi) is 11.4. The van der Waals surface area contributed by atoms with Crippen molar-refractivity contribution < 1.29 is 47.0 Å². The van der Waals surface area contributed by atoms with Crippen LogP contribution in [0.4, 0.5) is 23.0 Å². The minimum Gasteiger partial charge on any atom is -0.505 e. The van der Waals surface area contributed by atoms with E-state index in [1.165, 1.54) is 24.3 Å². The maximum atomic E-state index is 12.5. The predicted octanol–water partition coefficient (Wildman–Crippen LogP) is 6.40. The number of benzene rings is 3. The molecule has 4 rings (SSSR count). The normalized spacial score (nSPS) is 11.9. The number of aromatic nitrogens is 3. The molecule has 4 N–H and O–H groups in total. The van der Waals surface area contributed by atoms with Crippen LogP contribution in [0.5, 0.6) is 5.75 Å². The summed E-state index contributed by atoms with van der Waals surface area (Å²) >= 11 is 12.5. The molecule has 0 amide bonds. The highest BCUT2D eigenvalue weighted by molar-refractivity contribution is 7.94. The molecule has 0 aliphatic rings. The van der Waals surface area contributed by atoms with Gasteiger partial charge in [-0.3, -0.25) is 4.18 Å². The highest BCUT2D eigenvalue weighted by Crippen LogP contribution is 2.44. The smallest absolute Gasteiger partial charge is 0.232 e.